The molecule has 0 saturated heterocycles. The molecule has 0 aromatic carbocycles. The van der Waals surface area contributed by atoms with Crippen molar-refractivity contribution in [3.63, 3.8) is 0 Å². The average molecular weight is 302 g/mol. The molecule has 9 heteroatoms. The highest BCUT2D eigenvalue weighted by Gasteiger charge is 2.11. The van der Waals surface area contributed by atoms with Gasteiger partial charge in [0.2, 0.25) is 0 Å². The van der Waals surface area contributed by atoms with Crippen molar-refractivity contribution in [2.24, 2.45) is 19.2 Å². The number of nitrogens with one attached hydrogen (secondary N) is 1. The standard InChI is InChI=1S/C13H14N6O3/c1-18-10(14)9(12(21)19(2)13(18)22)7-16-17-11(20)8-3-5-15-6-4-8/h3-7H,14H2,1-2H3,(H,17,20)/b16-7+. The minimum absolute atomic E-state index is 0.0135. The van der Waals surface area contributed by atoms with E-state index in [-0.39, 0.29) is 11.4 Å². The second-order valence-corrected chi connectivity index (χ2v) is 4.44. The molecule has 2 heterocycles. The highest BCUT2D eigenvalue weighted by atomic mass is 16.2. The maximum atomic E-state index is 12.0. The van der Waals surface area contributed by atoms with Crippen molar-refractivity contribution in [2.45, 2.75) is 0 Å². The van der Waals surface area contributed by atoms with E-state index in [0.717, 1.165) is 15.3 Å². The number of pyridine rings is 1. The first-order valence-electron chi connectivity index (χ1n) is 6.22. The number of hydrogen-bond acceptors (Lipinski definition) is 6. The molecule has 0 unspecified atom stereocenters. The van der Waals surface area contributed by atoms with Crippen LogP contribution in [-0.4, -0.2) is 26.2 Å². The molecule has 2 aromatic heterocycles. The van der Waals surface area contributed by atoms with Crippen LogP contribution < -0.4 is 22.4 Å². The second kappa shape index (κ2) is 6.04. The largest absolute Gasteiger partial charge is 0.384 e. The Labute approximate surface area is 124 Å². The van der Waals surface area contributed by atoms with Gasteiger partial charge in [-0.1, -0.05) is 0 Å². The van der Waals surface area contributed by atoms with Crippen LogP contribution >= 0.6 is 0 Å². The van der Waals surface area contributed by atoms with Crippen LogP contribution in [0.3, 0.4) is 0 Å². The van der Waals surface area contributed by atoms with Crippen molar-refractivity contribution in [3.05, 3.63) is 56.5 Å². The lowest BCUT2D eigenvalue weighted by molar-refractivity contribution is 0.0955. The Kier molecular flexibility index (Phi) is 4.16. The van der Waals surface area contributed by atoms with Gasteiger partial charge in [0.1, 0.15) is 11.4 Å². The first kappa shape index (κ1) is 15.2. The summed E-state index contributed by atoms with van der Waals surface area (Å²) in [5.41, 5.74) is 7.23. The lowest BCUT2D eigenvalue weighted by Gasteiger charge is -2.08. The zero-order chi connectivity index (χ0) is 16.3. The van der Waals surface area contributed by atoms with Gasteiger partial charge in [-0.3, -0.25) is 23.7 Å². The van der Waals surface area contributed by atoms with Crippen LogP contribution in [0, 0.1) is 0 Å². The third-order valence-electron chi connectivity index (χ3n) is 3.05. The summed E-state index contributed by atoms with van der Waals surface area (Å²) in [5.74, 6) is -0.492. The summed E-state index contributed by atoms with van der Waals surface area (Å²) in [5, 5.41) is 3.70. The van der Waals surface area contributed by atoms with Crippen LogP contribution in [0.4, 0.5) is 5.82 Å². The van der Waals surface area contributed by atoms with Crippen molar-refractivity contribution in [1.29, 1.82) is 0 Å². The monoisotopic (exact) mass is 302 g/mol. The SMILES string of the molecule is Cn1c(N)c(/C=N/NC(=O)c2ccncc2)c(=O)n(C)c1=O. The van der Waals surface area contributed by atoms with Gasteiger partial charge in [-0.2, -0.15) is 5.10 Å². The molecule has 0 aliphatic rings. The number of carbonyl (C=O) groups excluding carboxylic acids is 1. The molecule has 2 rings (SSSR count). The van der Waals surface area contributed by atoms with Crippen LogP contribution in [0.25, 0.3) is 0 Å². The van der Waals surface area contributed by atoms with Gasteiger partial charge >= 0.3 is 5.69 Å². The Hall–Kier alpha value is -3.23. The van der Waals surface area contributed by atoms with Gasteiger partial charge in [-0.25, -0.2) is 10.2 Å². The summed E-state index contributed by atoms with van der Waals surface area (Å²) in [6.07, 6.45) is 4.05. The fourth-order valence-electron chi connectivity index (χ4n) is 1.73. The molecule has 9 nitrogen and oxygen atoms in total. The van der Waals surface area contributed by atoms with E-state index < -0.39 is 17.2 Å². The lowest BCUT2D eigenvalue weighted by Crippen LogP contribution is -2.40. The maximum absolute atomic E-state index is 12.0. The van der Waals surface area contributed by atoms with Crippen LogP contribution in [0.15, 0.2) is 39.2 Å². The van der Waals surface area contributed by atoms with E-state index in [9.17, 15) is 14.4 Å². The molecular formula is C13H14N6O3. The molecule has 0 radical (unpaired) electrons. The zero-order valence-corrected chi connectivity index (χ0v) is 12.0. The summed E-state index contributed by atoms with van der Waals surface area (Å²) < 4.78 is 2.02. The summed E-state index contributed by atoms with van der Waals surface area (Å²) >= 11 is 0. The Morgan fingerprint density at radius 1 is 1.27 bits per heavy atom. The first-order valence-corrected chi connectivity index (χ1v) is 6.22. The van der Waals surface area contributed by atoms with E-state index in [4.69, 9.17) is 5.73 Å². The summed E-state index contributed by atoms with van der Waals surface area (Å²) in [4.78, 5) is 39.2. The molecule has 2 aromatic rings. The van der Waals surface area contributed by atoms with Gasteiger partial charge in [0.05, 0.1) is 6.21 Å². The minimum atomic E-state index is -0.595. The third-order valence-corrected chi connectivity index (χ3v) is 3.05. The van der Waals surface area contributed by atoms with E-state index in [1.165, 1.54) is 38.6 Å². The number of nitrogens with zero attached hydrogens (tertiary/aromatic N) is 4. The van der Waals surface area contributed by atoms with Gasteiger partial charge in [0, 0.05) is 32.1 Å². The van der Waals surface area contributed by atoms with E-state index in [1.54, 1.807) is 0 Å². The number of nitrogens with two attached hydrogens (primary N) is 1. The summed E-state index contributed by atoms with van der Waals surface area (Å²) in [6.45, 7) is 0. The number of amides is 1. The molecule has 0 aliphatic heterocycles. The minimum Gasteiger partial charge on any atom is -0.384 e. The zero-order valence-electron chi connectivity index (χ0n) is 12.0. The summed E-state index contributed by atoms with van der Waals surface area (Å²) in [7, 11) is 2.76. The number of hydrogen-bond donors (Lipinski definition) is 2. The summed E-state index contributed by atoms with van der Waals surface area (Å²) in [6, 6.07) is 3.04. The van der Waals surface area contributed by atoms with E-state index in [2.05, 4.69) is 15.5 Å². The highest BCUT2D eigenvalue weighted by Crippen LogP contribution is 1.99. The van der Waals surface area contributed by atoms with Gasteiger partial charge < -0.3 is 5.73 Å². The smallest absolute Gasteiger partial charge is 0.332 e. The topological polar surface area (TPSA) is 124 Å². The van der Waals surface area contributed by atoms with Gasteiger partial charge in [-0.05, 0) is 12.1 Å². The highest BCUT2D eigenvalue weighted by molar-refractivity contribution is 5.95. The lowest BCUT2D eigenvalue weighted by atomic mass is 10.3. The molecule has 0 fully saturated rings. The maximum Gasteiger partial charge on any atom is 0.332 e. The van der Waals surface area contributed by atoms with Crippen LogP contribution in [0.1, 0.15) is 15.9 Å². The Morgan fingerprint density at radius 3 is 2.55 bits per heavy atom. The Bertz CT molecular complexity index is 851. The average Bonchev–Trinajstić information content (AvgIpc) is 2.55. The normalized spacial score (nSPS) is 10.8. The van der Waals surface area contributed by atoms with Crippen molar-refractivity contribution in [2.75, 3.05) is 5.73 Å². The number of carbonyl (C=O) groups is 1. The molecule has 1 amide bonds. The van der Waals surface area contributed by atoms with Gasteiger partial charge in [0.25, 0.3) is 11.5 Å². The van der Waals surface area contributed by atoms with Crippen LogP contribution in [0.5, 0.6) is 0 Å². The van der Waals surface area contributed by atoms with Crippen molar-refractivity contribution >= 4 is 17.9 Å². The van der Waals surface area contributed by atoms with Crippen LogP contribution in [0.2, 0.25) is 0 Å². The first-order chi connectivity index (χ1) is 10.4. The van der Waals surface area contributed by atoms with E-state index in [1.807, 2.05) is 0 Å². The molecule has 0 aliphatic carbocycles. The van der Waals surface area contributed by atoms with Gasteiger partial charge in [0.15, 0.2) is 0 Å². The Balaban J connectivity index is 2.27. The number of anilines is 1. The Morgan fingerprint density at radius 2 is 1.91 bits per heavy atom. The molecule has 0 atom stereocenters. The van der Waals surface area contributed by atoms with E-state index in [0.29, 0.717) is 5.56 Å². The molecular weight excluding hydrogens is 288 g/mol. The van der Waals surface area contributed by atoms with Crippen LogP contribution in [-0.2, 0) is 14.1 Å². The number of nitrogen functional groups attached to an aromatic ring is 1. The van der Waals surface area contributed by atoms with Crippen molar-refractivity contribution in [1.82, 2.24) is 19.5 Å². The molecule has 114 valence electrons. The fraction of sp³-hybridized carbons (Fsp3) is 0.154. The quantitative estimate of drug-likeness (QED) is 0.546. The van der Waals surface area contributed by atoms with Crippen molar-refractivity contribution in [3.8, 4) is 0 Å². The van der Waals surface area contributed by atoms with E-state index >= 15 is 0 Å². The predicted molar refractivity (Wildman–Crippen MR) is 80.6 cm³/mol. The molecule has 3 N–H and O–H groups in total. The predicted octanol–water partition coefficient (Wildman–Crippen LogP) is -1.17. The molecule has 0 spiro atoms. The molecule has 0 saturated carbocycles. The number of aromatic nitrogens is 3. The second-order valence-electron chi connectivity index (χ2n) is 4.44. The number of rotatable bonds is 3. The van der Waals surface area contributed by atoms with Crippen molar-refractivity contribution < 1.29 is 4.79 Å². The third kappa shape index (κ3) is 2.77. The fourth-order valence-corrected chi connectivity index (χ4v) is 1.73. The molecule has 0 bridgehead atoms. The number of hydrazone groups is 1. The molecule has 22 heavy (non-hydrogen) atoms. The van der Waals surface area contributed by atoms with Gasteiger partial charge in [-0.15, -0.1) is 0 Å².